The van der Waals surface area contributed by atoms with E-state index in [1.54, 1.807) is 6.20 Å². The van der Waals surface area contributed by atoms with E-state index < -0.39 is 0 Å². The summed E-state index contributed by atoms with van der Waals surface area (Å²) in [6.07, 6.45) is 3.81. The van der Waals surface area contributed by atoms with Gasteiger partial charge in [0.2, 0.25) is 0 Å². The van der Waals surface area contributed by atoms with Crippen LogP contribution in [0.4, 0.5) is 0 Å². The van der Waals surface area contributed by atoms with E-state index in [2.05, 4.69) is 10.3 Å². The number of rotatable bonds is 2. The van der Waals surface area contributed by atoms with Crippen LogP contribution in [0, 0.1) is 5.92 Å². The highest BCUT2D eigenvalue weighted by Crippen LogP contribution is 2.22. The molecule has 0 aliphatic carbocycles. The van der Waals surface area contributed by atoms with Crippen molar-refractivity contribution in [3.63, 3.8) is 0 Å². The number of Topliss-reactive ketones (excluding diaryl/α,β-unsaturated/α-hetero) is 1. The number of benzene rings is 1. The van der Waals surface area contributed by atoms with Gasteiger partial charge in [-0.25, -0.2) is 0 Å². The Morgan fingerprint density at radius 1 is 1.28 bits per heavy atom. The van der Waals surface area contributed by atoms with E-state index in [-0.39, 0.29) is 11.7 Å². The Morgan fingerprint density at radius 2 is 2.17 bits per heavy atom. The maximum Gasteiger partial charge on any atom is 0.169 e. The average Bonchev–Trinajstić information content (AvgIpc) is 2.47. The molecule has 1 atom stereocenters. The number of hydrogen-bond acceptors (Lipinski definition) is 3. The monoisotopic (exact) mass is 240 g/mol. The lowest BCUT2D eigenvalue weighted by molar-refractivity contribution is 0.0901. The number of hydrogen-bond donors (Lipinski definition) is 1. The first kappa shape index (κ1) is 11.4. The van der Waals surface area contributed by atoms with Crippen LogP contribution in [0.5, 0.6) is 0 Å². The van der Waals surface area contributed by atoms with Gasteiger partial charge in [-0.2, -0.15) is 0 Å². The van der Waals surface area contributed by atoms with Crippen LogP contribution in [0.25, 0.3) is 10.9 Å². The number of fused-ring (bicyclic) bond motifs is 1. The zero-order valence-electron chi connectivity index (χ0n) is 10.2. The second-order valence-electron chi connectivity index (χ2n) is 4.79. The van der Waals surface area contributed by atoms with Crippen molar-refractivity contribution >= 4 is 16.7 Å². The van der Waals surface area contributed by atoms with Crippen molar-refractivity contribution in [2.75, 3.05) is 13.1 Å². The minimum absolute atomic E-state index is 0.103. The van der Waals surface area contributed by atoms with E-state index in [9.17, 15) is 4.79 Å². The molecule has 0 spiro atoms. The van der Waals surface area contributed by atoms with Gasteiger partial charge in [0.05, 0.1) is 5.52 Å². The van der Waals surface area contributed by atoms with Crippen LogP contribution in [0.1, 0.15) is 23.2 Å². The summed E-state index contributed by atoms with van der Waals surface area (Å²) in [5, 5.41) is 4.33. The zero-order chi connectivity index (χ0) is 12.4. The van der Waals surface area contributed by atoms with Gasteiger partial charge in [-0.3, -0.25) is 9.78 Å². The molecule has 1 aliphatic heterocycles. The third-order valence-corrected chi connectivity index (χ3v) is 3.57. The number of piperidine rings is 1. The summed E-state index contributed by atoms with van der Waals surface area (Å²) in [5.41, 5.74) is 1.59. The summed E-state index contributed by atoms with van der Waals surface area (Å²) in [5.74, 6) is 0.331. The molecule has 1 unspecified atom stereocenters. The molecule has 0 radical (unpaired) electrons. The van der Waals surface area contributed by atoms with Gasteiger partial charge in [0, 0.05) is 29.6 Å². The van der Waals surface area contributed by atoms with Gasteiger partial charge in [-0.05, 0) is 31.5 Å². The molecule has 92 valence electrons. The van der Waals surface area contributed by atoms with E-state index in [0.29, 0.717) is 0 Å². The predicted octanol–water partition coefficient (Wildman–Crippen LogP) is 2.42. The number of para-hydroxylation sites is 1. The molecule has 3 nitrogen and oxygen atoms in total. The molecule has 0 saturated carbocycles. The van der Waals surface area contributed by atoms with Crippen molar-refractivity contribution in [2.45, 2.75) is 12.8 Å². The Kier molecular flexibility index (Phi) is 3.07. The van der Waals surface area contributed by atoms with Crippen molar-refractivity contribution in [1.82, 2.24) is 10.3 Å². The summed E-state index contributed by atoms with van der Waals surface area (Å²) in [4.78, 5) is 16.9. The summed E-state index contributed by atoms with van der Waals surface area (Å²) >= 11 is 0. The predicted molar refractivity (Wildman–Crippen MR) is 71.7 cm³/mol. The van der Waals surface area contributed by atoms with E-state index >= 15 is 0 Å². The van der Waals surface area contributed by atoms with E-state index in [1.807, 2.05) is 30.3 Å². The van der Waals surface area contributed by atoms with Crippen molar-refractivity contribution in [3.05, 3.63) is 42.1 Å². The highest BCUT2D eigenvalue weighted by Gasteiger charge is 2.23. The lowest BCUT2D eigenvalue weighted by Crippen LogP contribution is -2.34. The molecule has 1 fully saturated rings. The van der Waals surface area contributed by atoms with Gasteiger partial charge in [0.1, 0.15) is 0 Å². The van der Waals surface area contributed by atoms with Crippen LogP contribution in [-0.2, 0) is 0 Å². The summed E-state index contributed by atoms with van der Waals surface area (Å²) in [6.45, 7) is 1.82. The minimum atomic E-state index is 0.103. The fourth-order valence-corrected chi connectivity index (χ4v) is 2.60. The van der Waals surface area contributed by atoms with Gasteiger partial charge in [-0.1, -0.05) is 18.2 Å². The Bertz CT molecular complexity index is 568. The number of nitrogens with one attached hydrogen (secondary N) is 1. The van der Waals surface area contributed by atoms with Crippen LogP contribution < -0.4 is 5.32 Å². The number of aromatic nitrogens is 1. The largest absolute Gasteiger partial charge is 0.316 e. The molecule has 3 heteroatoms. The fraction of sp³-hybridized carbons (Fsp3) is 0.333. The number of ketones is 1. The molecule has 2 heterocycles. The van der Waals surface area contributed by atoms with E-state index in [4.69, 9.17) is 0 Å². The lowest BCUT2D eigenvalue weighted by atomic mass is 9.90. The van der Waals surface area contributed by atoms with Gasteiger partial charge in [0.25, 0.3) is 0 Å². The van der Waals surface area contributed by atoms with Crippen LogP contribution in [0.15, 0.2) is 36.5 Å². The highest BCUT2D eigenvalue weighted by atomic mass is 16.1. The highest BCUT2D eigenvalue weighted by molar-refractivity contribution is 6.07. The van der Waals surface area contributed by atoms with Gasteiger partial charge < -0.3 is 5.32 Å². The van der Waals surface area contributed by atoms with Crippen molar-refractivity contribution in [2.24, 2.45) is 5.92 Å². The topological polar surface area (TPSA) is 42.0 Å². The molecule has 0 amide bonds. The smallest absolute Gasteiger partial charge is 0.169 e. The molecular formula is C15H16N2O. The van der Waals surface area contributed by atoms with E-state index in [0.717, 1.165) is 42.4 Å². The van der Waals surface area contributed by atoms with Crippen molar-refractivity contribution < 1.29 is 4.79 Å². The van der Waals surface area contributed by atoms with Gasteiger partial charge in [-0.15, -0.1) is 0 Å². The van der Waals surface area contributed by atoms with Gasteiger partial charge in [0.15, 0.2) is 5.78 Å². The van der Waals surface area contributed by atoms with E-state index in [1.165, 1.54) is 0 Å². The molecule has 1 aromatic heterocycles. The van der Waals surface area contributed by atoms with Crippen LogP contribution in [-0.4, -0.2) is 23.9 Å². The SMILES string of the molecule is O=C(c1cccc2cccnc12)C1CCCNC1. The Morgan fingerprint density at radius 3 is 3.00 bits per heavy atom. The second-order valence-corrected chi connectivity index (χ2v) is 4.79. The molecule has 1 N–H and O–H groups in total. The second kappa shape index (κ2) is 4.86. The first-order valence-electron chi connectivity index (χ1n) is 6.45. The number of carbonyl (C=O) groups excluding carboxylic acids is 1. The van der Waals surface area contributed by atoms with Crippen LogP contribution in [0.3, 0.4) is 0 Å². The summed E-state index contributed by atoms with van der Waals surface area (Å²) < 4.78 is 0. The average molecular weight is 240 g/mol. The zero-order valence-corrected chi connectivity index (χ0v) is 10.2. The van der Waals surface area contributed by atoms with Crippen molar-refractivity contribution in [1.29, 1.82) is 0 Å². The molecule has 3 rings (SSSR count). The Labute approximate surface area is 106 Å². The number of pyridine rings is 1. The number of carbonyl (C=O) groups is 1. The van der Waals surface area contributed by atoms with Crippen molar-refractivity contribution in [3.8, 4) is 0 Å². The summed E-state index contributed by atoms with van der Waals surface area (Å²) in [6, 6.07) is 9.73. The molecule has 2 aromatic rings. The van der Waals surface area contributed by atoms with Crippen LogP contribution in [0.2, 0.25) is 0 Å². The molecule has 0 bridgehead atoms. The maximum absolute atomic E-state index is 12.5. The lowest BCUT2D eigenvalue weighted by Gasteiger charge is -2.21. The number of nitrogens with zero attached hydrogens (tertiary/aromatic N) is 1. The normalized spacial score (nSPS) is 19.9. The van der Waals surface area contributed by atoms with Gasteiger partial charge >= 0.3 is 0 Å². The third kappa shape index (κ3) is 2.02. The molecule has 1 saturated heterocycles. The molecule has 1 aromatic carbocycles. The molecule has 18 heavy (non-hydrogen) atoms. The Hall–Kier alpha value is -1.74. The molecule has 1 aliphatic rings. The Balaban J connectivity index is 2.00. The quantitative estimate of drug-likeness (QED) is 0.820. The minimum Gasteiger partial charge on any atom is -0.316 e. The first-order chi connectivity index (χ1) is 8.86. The summed E-state index contributed by atoms with van der Waals surface area (Å²) in [7, 11) is 0. The molecular weight excluding hydrogens is 224 g/mol. The van der Waals surface area contributed by atoms with Crippen LogP contribution >= 0.6 is 0 Å². The standard InChI is InChI=1S/C15H16N2O/c18-15(12-6-2-8-16-10-12)13-7-1-4-11-5-3-9-17-14(11)13/h1,3-5,7,9,12,16H,2,6,8,10H2. The maximum atomic E-state index is 12.5. The third-order valence-electron chi connectivity index (χ3n) is 3.57. The fourth-order valence-electron chi connectivity index (χ4n) is 2.60. The first-order valence-corrected chi connectivity index (χ1v) is 6.45.